The first-order chi connectivity index (χ1) is 13.5. The number of amides is 2. The van der Waals surface area contributed by atoms with Crippen LogP contribution in [0.25, 0.3) is 11.0 Å². The zero-order valence-electron chi connectivity index (χ0n) is 15.6. The number of nitrogens with zero attached hydrogens (tertiary/aromatic N) is 2. The van der Waals surface area contributed by atoms with E-state index in [-0.39, 0.29) is 25.0 Å². The van der Waals surface area contributed by atoms with Crippen LogP contribution < -0.4 is 20.1 Å². The zero-order chi connectivity index (χ0) is 19.7. The maximum Gasteiger partial charge on any atom is 0.265 e. The molecule has 1 unspecified atom stereocenters. The van der Waals surface area contributed by atoms with Crippen LogP contribution in [0.1, 0.15) is 12.7 Å². The fourth-order valence-electron chi connectivity index (χ4n) is 3.12. The molecule has 144 valence electrons. The van der Waals surface area contributed by atoms with Gasteiger partial charge in [-0.3, -0.25) is 9.59 Å². The van der Waals surface area contributed by atoms with Crippen molar-refractivity contribution in [2.75, 3.05) is 11.9 Å². The van der Waals surface area contributed by atoms with Crippen molar-refractivity contribution in [1.29, 1.82) is 0 Å². The highest BCUT2D eigenvalue weighted by Crippen LogP contribution is 2.30. The van der Waals surface area contributed by atoms with E-state index in [1.165, 1.54) is 6.92 Å². The molecule has 8 heteroatoms. The van der Waals surface area contributed by atoms with Crippen LogP contribution in [-0.4, -0.2) is 34.1 Å². The van der Waals surface area contributed by atoms with Gasteiger partial charge in [0.2, 0.25) is 12.0 Å². The van der Waals surface area contributed by atoms with Gasteiger partial charge in [0, 0.05) is 19.7 Å². The van der Waals surface area contributed by atoms with E-state index in [0.29, 0.717) is 23.0 Å². The first kappa shape index (κ1) is 17.8. The Bertz CT molecular complexity index is 1060. The molecule has 2 aromatic carbocycles. The summed E-state index contributed by atoms with van der Waals surface area (Å²) in [6.45, 7) is 1.87. The van der Waals surface area contributed by atoms with Gasteiger partial charge in [-0.2, -0.15) is 0 Å². The van der Waals surface area contributed by atoms with E-state index in [1.54, 1.807) is 18.2 Å². The van der Waals surface area contributed by atoms with Crippen molar-refractivity contribution in [2.24, 2.45) is 7.05 Å². The van der Waals surface area contributed by atoms with Crippen molar-refractivity contribution in [3.05, 3.63) is 48.3 Å². The summed E-state index contributed by atoms with van der Waals surface area (Å²) in [4.78, 5) is 28.3. The van der Waals surface area contributed by atoms with E-state index in [4.69, 9.17) is 9.47 Å². The van der Waals surface area contributed by atoms with E-state index in [2.05, 4.69) is 15.6 Å². The summed E-state index contributed by atoms with van der Waals surface area (Å²) >= 11 is 0. The van der Waals surface area contributed by atoms with Gasteiger partial charge < -0.3 is 24.7 Å². The number of anilines is 1. The van der Waals surface area contributed by atoms with Gasteiger partial charge in [-0.05, 0) is 30.3 Å². The quantitative estimate of drug-likeness (QED) is 0.722. The summed E-state index contributed by atoms with van der Waals surface area (Å²) in [6, 6.07) is 12.8. The number of fused-ring (bicyclic) bond motifs is 2. The molecule has 0 bridgehead atoms. The standard InChI is InChI=1S/C20H20N4O4/c1-12(25)22-13-7-8-15-14(9-13)23-19(24(15)2)10-21-20(26)18-11-27-16-5-3-4-6-17(16)28-18/h3-9,18H,10-11H2,1-2H3,(H,21,26)(H,22,25). The molecule has 4 rings (SSSR count). The molecule has 3 aromatic rings. The topological polar surface area (TPSA) is 94.5 Å². The maximum absolute atomic E-state index is 12.5. The van der Waals surface area contributed by atoms with Crippen molar-refractivity contribution in [2.45, 2.75) is 19.6 Å². The molecule has 28 heavy (non-hydrogen) atoms. The Labute approximate surface area is 161 Å². The average Bonchev–Trinajstić information content (AvgIpc) is 3.00. The van der Waals surface area contributed by atoms with Gasteiger partial charge in [-0.15, -0.1) is 0 Å². The second-order valence-electron chi connectivity index (χ2n) is 6.55. The highest BCUT2D eigenvalue weighted by Gasteiger charge is 2.27. The molecule has 8 nitrogen and oxygen atoms in total. The van der Waals surface area contributed by atoms with Gasteiger partial charge in [-0.1, -0.05) is 12.1 Å². The molecule has 1 aliphatic heterocycles. The molecule has 2 N–H and O–H groups in total. The van der Waals surface area contributed by atoms with E-state index in [9.17, 15) is 9.59 Å². The summed E-state index contributed by atoms with van der Waals surface area (Å²) in [6.07, 6.45) is -0.712. The molecule has 2 heterocycles. The normalized spacial score (nSPS) is 15.3. The van der Waals surface area contributed by atoms with Crippen LogP contribution in [0, 0.1) is 0 Å². The molecule has 1 aliphatic rings. The largest absolute Gasteiger partial charge is 0.485 e. The lowest BCUT2D eigenvalue weighted by atomic mass is 10.2. The van der Waals surface area contributed by atoms with Gasteiger partial charge in [0.15, 0.2) is 11.5 Å². The number of benzene rings is 2. The third-order valence-electron chi connectivity index (χ3n) is 4.52. The molecular weight excluding hydrogens is 360 g/mol. The van der Waals surface area contributed by atoms with E-state index in [0.717, 1.165) is 11.0 Å². The minimum absolute atomic E-state index is 0.140. The van der Waals surface area contributed by atoms with Crippen molar-refractivity contribution in [1.82, 2.24) is 14.9 Å². The van der Waals surface area contributed by atoms with E-state index >= 15 is 0 Å². The van der Waals surface area contributed by atoms with Gasteiger partial charge in [-0.25, -0.2) is 4.98 Å². The Morgan fingerprint density at radius 3 is 2.79 bits per heavy atom. The molecule has 1 aromatic heterocycles. The van der Waals surface area contributed by atoms with Crippen LogP contribution in [-0.2, 0) is 23.2 Å². The van der Waals surface area contributed by atoms with Crippen molar-refractivity contribution in [3.8, 4) is 11.5 Å². The summed E-state index contributed by atoms with van der Waals surface area (Å²) in [5.41, 5.74) is 2.33. The second-order valence-corrected chi connectivity index (χ2v) is 6.55. The van der Waals surface area contributed by atoms with Gasteiger partial charge in [0.1, 0.15) is 12.4 Å². The average molecular weight is 380 g/mol. The summed E-state index contributed by atoms with van der Waals surface area (Å²) in [7, 11) is 1.88. The Balaban J connectivity index is 1.44. The highest BCUT2D eigenvalue weighted by molar-refractivity contribution is 5.91. The van der Waals surface area contributed by atoms with Gasteiger partial charge >= 0.3 is 0 Å². The molecular formula is C20H20N4O4. The molecule has 1 atom stereocenters. The van der Waals surface area contributed by atoms with Crippen molar-refractivity contribution in [3.63, 3.8) is 0 Å². The molecule has 0 aliphatic carbocycles. The van der Waals surface area contributed by atoms with Crippen LogP contribution in [0.3, 0.4) is 0 Å². The number of ether oxygens (including phenoxy) is 2. The highest BCUT2D eigenvalue weighted by atomic mass is 16.6. The first-order valence-electron chi connectivity index (χ1n) is 8.90. The van der Waals surface area contributed by atoms with Crippen LogP contribution in [0.15, 0.2) is 42.5 Å². The third-order valence-corrected chi connectivity index (χ3v) is 4.52. The zero-order valence-corrected chi connectivity index (χ0v) is 15.6. The minimum Gasteiger partial charge on any atom is -0.485 e. The van der Waals surface area contributed by atoms with Crippen molar-refractivity contribution >= 4 is 28.5 Å². The maximum atomic E-state index is 12.5. The van der Waals surface area contributed by atoms with Crippen LogP contribution in [0.4, 0.5) is 5.69 Å². The van der Waals surface area contributed by atoms with Crippen LogP contribution in [0.5, 0.6) is 11.5 Å². The molecule has 0 saturated heterocycles. The molecule has 0 spiro atoms. The predicted octanol–water partition coefficient (Wildman–Crippen LogP) is 1.99. The number of carbonyl (C=O) groups is 2. The molecule has 2 amide bonds. The fourth-order valence-corrected chi connectivity index (χ4v) is 3.12. The number of hydrogen-bond donors (Lipinski definition) is 2. The van der Waals surface area contributed by atoms with Crippen molar-refractivity contribution < 1.29 is 19.1 Å². The number of aryl methyl sites for hydroxylation is 1. The lowest BCUT2D eigenvalue weighted by molar-refractivity contribution is -0.130. The predicted molar refractivity (Wildman–Crippen MR) is 103 cm³/mol. The number of hydrogen-bond acceptors (Lipinski definition) is 5. The number of para-hydroxylation sites is 2. The Kier molecular flexibility index (Phi) is 4.60. The number of imidazole rings is 1. The Morgan fingerprint density at radius 2 is 2.00 bits per heavy atom. The third kappa shape index (κ3) is 3.48. The van der Waals surface area contributed by atoms with Gasteiger partial charge in [0.05, 0.1) is 17.6 Å². The lowest BCUT2D eigenvalue weighted by Crippen LogP contribution is -2.43. The first-order valence-corrected chi connectivity index (χ1v) is 8.90. The second kappa shape index (κ2) is 7.22. The number of nitrogens with one attached hydrogen (secondary N) is 2. The summed E-state index contributed by atoms with van der Waals surface area (Å²) < 4.78 is 13.2. The molecule has 0 fully saturated rings. The minimum atomic E-state index is -0.712. The molecule has 0 saturated carbocycles. The van der Waals surface area contributed by atoms with Gasteiger partial charge in [0.25, 0.3) is 5.91 Å². The summed E-state index contributed by atoms with van der Waals surface area (Å²) in [5, 5.41) is 5.59. The van der Waals surface area contributed by atoms with E-state index < -0.39 is 6.10 Å². The summed E-state index contributed by atoms with van der Waals surface area (Å²) in [5.74, 6) is 1.49. The number of aromatic nitrogens is 2. The number of rotatable bonds is 4. The smallest absolute Gasteiger partial charge is 0.265 e. The van der Waals surface area contributed by atoms with Crippen LogP contribution in [0.2, 0.25) is 0 Å². The Morgan fingerprint density at radius 1 is 1.21 bits per heavy atom. The monoisotopic (exact) mass is 380 g/mol. The molecule has 0 radical (unpaired) electrons. The lowest BCUT2D eigenvalue weighted by Gasteiger charge is -2.25. The van der Waals surface area contributed by atoms with Crippen LogP contribution >= 0.6 is 0 Å². The SMILES string of the molecule is CC(=O)Nc1ccc2c(c1)nc(CNC(=O)C1COc3ccccc3O1)n2C. The fraction of sp³-hybridized carbons (Fsp3) is 0.250. The van der Waals surface area contributed by atoms with E-state index in [1.807, 2.05) is 35.9 Å². The Hall–Kier alpha value is -3.55. The number of carbonyl (C=O) groups excluding carboxylic acids is 2.